The zero-order chi connectivity index (χ0) is 22.5. The Morgan fingerprint density at radius 1 is 1.16 bits per heavy atom. The van der Waals surface area contributed by atoms with Crippen molar-refractivity contribution >= 4 is 29.1 Å². The lowest BCUT2D eigenvalue weighted by Crippen LogP contribution is -2.58. The number of carbonyl (C=O) groups excluding carboxylic acids is 3. The fourth-order valence-electron chi connectivity index (χ4n) is 4.42. The average molecular weight is 434 g/mol. The number of hydrogen-bond acceptors (Lipinski definition) is 6. The minimum atomic E-state index is -0.621. The Morgan fingerprint density at radius 3 is 2.48 bits per heavy atom. The highest BCUT2D eigenvalue weighted by atomic mass is 19.1. The maximum Gasteiger partial charge on any atom is 0.249 e. The van der Waals surface area contributed by atoms with Crippen molar-refractivity contribution in [2.24, 2.45) is 0 Å². The molecule has 1 aromatic rings. The van der Waals surface area contributed by atoms with Crippen LogP contribution in [0.3, 0.4) is 0 Å². The van der Waals surface area contributed by atoms with Crippen LogP contribution in [0.4, 0.5) is 15.8 Å². The van der Waals surface area contributed by atoms with E-state index in [0.29, 0.717) is 17.8 Å². The number of nitrogens with zero attached hydrogens (tertiary/aromatic N) is 2. The third-order valence-electron chi connectivity index (χ3n) is 5.80. The number of piperidine rings is 1. The largest absolute Gasteiger partial charge is 0.374 e. The first-order chi connectivity index (χ1) is 14.7. The molecule has 3 N–H and O–H groups in total. The van der Waals surface area contributed by atoms with Crippen molar-refractivity contribution in [3.8, 4) is 0 Å². The van der Waals surface area contributed by atoms with Crippen LogP contribution in [-0.2, 0) is 14.4 Å². The summed E-state index contributed by atoms with van der Waals surface area (Å²) in [6.07, 6.45) is 1.67. The van der Waals surface area contributed by atoms with Crippen molar-refractivity contribution in [3.05, 3.63) is 24.0 Å². The second kappa shape index (κ2) is 10.2. The summed E-state index contributed by atoms with van der Waals surface area (Å²) in [7, 11) is 0. The molecule has 0 bridgehead atoms. The lowest BCUT2D eigenvalue weighted by atomic mass is 10.1. The maximum absolute atomic E-state index is 14.1. The van der Waals surface area contributed by atoms with Crippen LogP contribution in [0.25, 0.3) is 0 Å². The van der Waals surface area contributed by atoms with Gasteiger partial charge in [-0.15, -0.1) is 0 Å². The van der Waals surface area contributed by atoms with Crippen molar-refractivity contribution < 1.29 is 18.8 Å². The maximum atomic E-state index is 14.1. The fourth-order valence-corrected chi connectivity index (χ4v) is 4.42. The lowest BCUT2D eigenvalue weighted by Gasteiger charge is -2.44. The highest BCUT2D eigenvalue weighted by Gasteiger charge is 2.30. The van der Waals surface area contributed by atoms with Gasteiger partial charge in [0, 0.05) is 43.0 Å². The van der Waals surface area contributed by atoms with Crippen LogP contribution in [0.5, 0.6) is 0 Å². The van der Waals surface area contributed by atoms with Crippen LogP contribution in [0, 0.1) is 5.82 Å². The number of amides is 3. The molecule has 3 rings (SSSR count). The predicted molar refractivity (Wildman–Crippen MR) is 117 cm³/mol. The van der Waals surface area contributed by atoms with Gasteiger partial charge in [-0.1, -0.05) is 6.92 Å². The molecule has 1 unspecified atom stereocenters. The van der Waals surface area contributed by atoms with Gasteiger partial charge in [0.1, 0.15) is 11.9 Å². The molecule has 3 atom stereocenters. The van der Waals surface area contributed by atoms with Crippen LogP contribution >= 0.6 is 0 Å². The molecule has 0 radical (unpaired) electrons. The Hall–Kier alpha value is -2.52. The number of carbonyl (C=O) groups is 3. The molecule has 2 saturated heterocycles. The van der Waals surface area contributed by atoms with Crippen molar-refractivity contribution in [2.45, 2.75) is 58.2 Å². The smallest absolute Gasteiger partial charge is 0.249 e. The van der Waals surface area contributed by atoms with Gasteiger partial charge in [0.25, 0.3) is 0 Å². The average Bonchev–Trinajstić information content (AvgIpc) is 2.67. The molecule has 0 aliphatic carbocycles. The molecule has 2 heterocycles. The van der Waals surface area contributed by atoms with Crippen LogP contribution in [-0.4, -0.2) is 71.8 Å². The van der Waals surface area contributed by atoms with Gasteiger partial charge in [-0.25, -0.2) is 4.39 Å². The topological polar surface area (TPSA) is 93.8 Å². The first kappa shape index (κ1) is 23.1. The third kappa shape index (κ3) is 6.24. The van der Waals surface area contributed by atoms with E-state index in [2.05, 4.69) is 46.5 Å². The summed E-state index contributed by atoms with van der Waals surface area (Å²) in [6.45, 7) is 9.54. The van der Waals surface area contributed by atoms with E-state index in [1.807, 2.05) is 0 Å². The second-order valence-electron chi connectivity index (χ2n) is 8.55. The van der Waals surface area contributed by atoms with E-state index >= 15 is 0 Å². The fraction of sp³-hybridized carbons (Fsp3) is 0.591. The van der Waals surface area contributed by atoms with E-state index in [1.165, 1.54) is 12.1 Å². The zero-order valence-corrected chi connectivity index (χ0v) is 18.4. The summed E-state index contributed by atoms with van der Waals surface area (Å²) in [6, 6.07) is 3.98. The van der Waals surface area contributed by atoms with Gasteiger partial charge in [0.15, 0.2) is 0 Å². The molecule has 8 nitrogen and oxygen atoms in total. The van der Waals surface area contributed by atoms with Gasteiger partial charge >= 0.3 is 0 Å². The number of rotatable bonds is 7. The zero-order valence-electron chi connectivity index (χ0n) is 18.4. The Bertz CT molecular complexity index is 821. The van der Waals surface area contributed by atoms with Crippen molar-refractivity contribution in [1.29, 1.82) is 0 Å². The number of benzene rings is 1. The van der Waals surface area contributed by atoms with Crippen LogP contribution < -0.4 is 16.0 Å². The molecule has 0 spiro atoms. The summed E-state index contributed by atoms with van der Waals surface area (Å²) in [4.78, 5) is 40.5. The third-order valence-corrected chi connectivity index (χ3v) is 5.80. The van der Waals surface area contributed by atoms with Gasteiger partial charge in [-0.3, -0.25) is 24.6 Å². The van der Waals surface area contributed by atoms with E-state index in [-0.39, 0.29) is 36.9 Å². The van der Waals surface area contributed by atoms with Crippen molar-refractivity contribution in [2.75, 3.05) is 36.8 Å². The van der Waals surface area contributed by atoms with Gasteiger partial charge in [-0.05, 0) is 51.4 Å². The number of nitrogens with one attached hydrogen (secondary N) is 3. The van der Waals surface area contributed by atoms with Crippen molar-refractivity contribution in [3.63, 3.8) is 0 Å². The Balaban J connectivity index is 1.60. The van der Waals surface area contributed by atoms with E-state index in [4.69, 9.17) is 0 Å². The SMILES string of the molecule is CCCN1C[C@@H](C)N(CC(=O)Nc2cc(F)cc(NC3CCC(=O)NC3=O)c2)[C@@H](C)C1. The summed E-state index contributed by atoms with van der Waals surface area (Å²) in [5.74, 6) is -1.48. The minimum absolute atomic E-state index is 0.208. The first-order valence-corrected chi connectivity index (χ1v) is 10.9. The normalized spacial score (nSPS) is 25.2. The molecule has 31 heavy (non-hydrogen) atoms. The van der Waals surface area contributed by atoms with E-state index in [1.54, 1.807) is 6.07 Å². The second-order valence-corrected chi connectivity index (χ2v) is 8.55. The van der Waals surface area contributed by atoms with Gasteiger partial charge < -0.3 is 15.5 Å². The lowest BCUT2D eigenvalue weighted by molar-refractivity contribution is -0.133. The highest BCUT2D eigenvalue weighted by molar-refractivity contribution is 6.01. The van der Waals surface area contributed by atoms with Crippen LogP contribution in [0.1, 0.15) is 40.0 Å². The number of anilines is 2. The van der Waals surface area contributed by atoms with Gasteiger partial charge in [0.05, 0.1) is 6.54 Å². The van der Waals surface area contributed by atoms with Crippen LogP contribution in [0.15, 0.2) is 18.2 Å². The molecule has 0 aromatic heterocycles. The summed E-state index contributed by atoms with van der Waals surface area (Å²) in [5, 5.41) is 7.98. The molecule has 2 aliphatic rings. The summed E-state index contributed by atoms with van der Waals surface area (Å²) >= 11 is 0. The Labute approximate surface area is 182 Å². The monoisotopic (exact) mass is 433 g/mol. The Morgan fingerprint density at radius 2 is 1.84 bits per heavy atom. The molecule has 3 amide bonds. The van der Waals surface area contributed by atoms with E-state index in [9.17, 15) is 18.8 Å². The molecular weight excluding hydrogens is 401 g/mol. The van der Waals surface area contributed by atoms with Crippen LogP contribution in [0.2, 0.25) is 0 Å². The standard InChI is InChI=1S/C22H32FN5O3/c1-4-7-27-11-14(2)28(15(3)12-27)13-21(30)25-18-9-16(23)8-17(10-18)24-19-5-6-20(29)26-22(19)31/h8-10,14-15,19,24H,4-7,11-13H2,1-3H3,(H,25,30)(H,26,29,31)/t14-,15+,19?. The molecule has 1 aromatic carbocycles. The molecule has 9 heteroatoms. The Kier molecular flexibility index (Phi) is 7.61. The van der Waals surface area contributed by atoms with Gasteiger partial charge in [0.2, 0.25) is 17.7 Å². The van der Waals surface area contributed by atoms with E-state index in [0.717, 1.165) is 26.1 Å². The molecular formula is C22H32FN5O3. The first-order valence-electron chi connectivity index (χ1n) is 10.9. The summed E-state index contributed by atoms with van der Waals surface area (Å²) in [5.41, 5.74) is 0.699. The quantitative estimate of drug-likeness (QED) is 0.568. The summed E-state index contributed by atoms with van der Waals surface area (Å²) < 4.78 is 14.1. The molecule has 2 aliphatic heterocycles. The van der Waals surface area contributed by atoms with Gasteiger partial charge in [-0.2, -0.15) is 0 Å². The molecule has 170 valence electrons. The van der Waals surface area contributed by atoms with E-state index < -0.39 is 17.8 Å². The molecule has 2 fully saturated rings. The number of imide groups is 1. The van der Waals surface area contributed by atoms with Crippen molar-refractivity contribution in [1.82, 2.24) is 15.1 Å². The highest BCUT2D eigenvalue weighted by Crippen LogP contribution is 2.21. The molecule has 0 saturated carbocycles. The minimum Gasteiger partial charge on any atom is -0.374 e. The predicted octanol–water partition coefficient (Wildman–Crippen LogP) is 1.79. The number of halogens is 1. The number of piperazine rings is 1. The number of hydrogen-bond donors (Lipinski definition) is 3.